The number of nitrogens with zero attached hydrogens (tertiary/aromatic N) is 1. The lowest BCUT2D eigenvalue weighted by atomic mass is 10.2. The van der Waals surface area contributed by atoms with Crippen molar-refractivity contribution in [2.45, 2.75) is 19.0 Å². The van der Waals surface area contributed by atoms with E-state index in [1.807, 2.05) is 6.92 Å². The van der Waals surface area contributed by atoms with E-state index < -0.39 is 22.1 Å². The first kappa shape index (κ1) is 13.0. The van der Waals surface area contributed by atoms with E-state index in [1.54, 1.807) is 12.1 Å². The van der Waals surface area contributed by atoms with Gasteiger partial charge < -0.3 is 4.72 Å². The van der Waals surface area contributed by atoms with E-state index in [9.17, 15) is 21.6 Å². The molecule has 1 aromatic rings. The van der Waals surface area contributed by atoms with Crippen LogP contribution in [0.5, 0.6) is 0 Å². The number of aryl methyl sites for hydroxylation is 1. The Labute approximate surface area is 91.3 Å². The normalized spacial score (nSPS) is 12.8. The summed E-state index contributed by atoms with van der Waals surface area (Å²) in [5, 5.41) is 0. The van der Waals surface area contributed by atoms with E-state index in [0.29, 0.717) is 5.56 Å². The van der Waals surface area contributed by atoms with Crippen LogP contribution in [0.2, 0.25) is 0 Å². The number of rotatable bonds is 3. The van der Waals surface area contributed by atoms with Gasteiger partial charge in [0.05, 0.1) is 0 Å². The number of halogens is 3. The first-order valence-corrected chi connectivity index (χ1v) is 5.72. The molecule has 0 spiro atoms. The van der Waals surface area contributed by atoms with Crippen molar-refractivity contribution < 1.29 is 21.6 Å². The fourth-order valence-corrected chi connectivity index (χ4v) is 1.39. The van der Waals surface area contributed by atoms with Crippen LogP contribution in [0, 0.1) is 6.92 Å². The van der Waals surface area contributed by atoms with Gasteiger partial charge in [0.15, 0.2) is 10.0 Å². The van der Waals surface area contributed by atoms with E-state index in [4.69, 9.17) is 0 Å². The van der Waals surface area contributed by atoms with Gasteiger partial charge in [0, 0.05) is 0 Å². The third kappa shape index (κ3) is 3.21. The lowest BCUT2D eigenvalue weighted by Crippen LogP contribution is -2.21. The molecule has 0 fully saturated rings. The van der Waals surface area contributed by atoms with Crippen molar-refractivity contribution in [3.05, 3.63) is 40.1 Å². The smallest absolute Gasteiger partial charge is 0.480 e. The minimum absolute atomic E-state index is 0.415. The number of hydrogen-bond donors (Lipinski definition) is 0. The molecule has 3 nitrogen and oxygen atoms in total. The first-order chi connectivity index (χ1) is 7.22. The van der Waals surface area contributed by atoms with Crippen molar-refractivity contribution in [1.29, 1.82) is 0 Å². The van der Waals surface area contributed by atoms with Gasteiger partial charge in [-0.1, -0.05) is 35.4 Å². The topological polar surface area (TPSA) is 48.2 Å². The molecular formula is C9H9F3NO2S-. The van der Waals surface area contributed by atoms with Gasteiger partial charge in [0.25, 0.3) is 0 Å². The van der Waals surface area contributed by atoms with E-state index in [2.05, 4.69) is 4.72 Å². The van der Waals surface area contributed by atoms with Gasteiger partial charge >= 0.3 is 5.51 Å². The summed E-state index contributed by atoms with van der Waals surface area (Å²) in [6.07, 6.45) is 0. The molecule has 0 N–H and O–H groups in total. The summed E-state index contributed by atoms with van der Waals surface area (Å²) in [7, 11) is -5.38. The Bertz CT molecular complexity index is 451. The molecule has 0 radical (unpaired) electrons. The summed E-state index contributed by atoms with van der Waals surface area (Å²) in [5.41, 5.74) is -3.97. The summed E-state index contributed by atoms with van der Waals surface area (Å²) in [6, 6.07) is 6.41. The second-order valence-corrected chi connectivity index (χ2v) is 4.86. The van der Waals surface area contributed by atoms with Crippen LogP contribution < -0.4 is 0 Å². The molecule has 0 saturated heterocycles. The Hall–Kier alpha value is -1.08. The van der Waals surface area contributed by atoms with Crippen molar-refractivity contribution >= 4 is 10.0 Å². The fourth-order valence-electron chi connectivity index (χ4n) is 0.926. The molecule has 1 aromatic carbocycles. The third-order valence-electron chi connectivity index (χ3n) is 1.83. The summed E-state index contributed by atoms with van der Waals surface area (Å²) >= 11 is 0. The Morgan fingerprint density at radius 3 is 2.12 bits per heavy atom. The van der Waals surface area contributed by atoms with Crippen molar-refractivity contribution in [2.24, 2.45) is 0 Å². The summed E-state index contributed by atoms with van der Waals surface area (Å²) in [4.78, 5) is 0. The molecule has 1 rings (SSSR count). The van der Waals surface area contributed by atoms with Gasteiger partial charge in [-0.3, -0.25) is 0 Å². The van der Waals surface area contributed by atoms with Gasteiger partial charge in [0.2, 0.25) is 0 Å². The van der Waals surface area contributed by atoms with Gasteiger partial charge in [-0.2, -0.15) is 13.2 Å². The maximum Gasteiger partial charge on any atom is 0.480 e. The number of alkyl halides is 3. The monoisotopic (exact) mass is 252 g/mol. The molecule has 0 heterocycles. The first-order valence-electron chi connectivity index (χ1n) is 4.28. The van der Waals surface area contributed by atoms with Crippen LogP contribution in [-0.4, -0.2) is 13.9 Å². The molecule has 0 amide bonds. The van der Waals surface area contributed by atoms with Gasteiger partial charge in [-0.25, -0.2) is 8.42 Å². The van der Waals surface area contributed by atoms with Crippen molar-refractivity contribution in [3.63, 3.8) is 0 Å². The highest BCUT2D eigenvalue weighted by Gasteiger charge is 2.38. The van der Waals surface area contributed by atoms with Crippen LogP contribution in [-0.2, 0) is 16.6 Å². The fraction of sp³-hybridized carbons (Fsp3) is 0.333. The van der Waals surface area contributed by atoms with Crippen molar-refractivity contribution in [1.82, 2.24) is 0 Å². The molecule has 0 aliphatic carbocycles. The zero-order chi connectivity index (χ0) is 12.4. The molecule has 0 aliphatic rings. The maximum atomic E-state index is 11.9. The highest BCUT2D eigenvalue weighted by Crippen LogP contribution is 2.28. The van der Waals surface area contributed by atoms with Gasteiger partial charge in [-0.05, 0) is 6.92 Å². The van der Waals surface area contributed by atoms with E-state index in [0.717, 1.165) is 5.56 Å². The SMILES string of the molecule is Cc1ccc(C[N-]S(=O)(=O)C(F)(F)F)cc1. The van der Waals surface area contributed by atoms with Crippen LogP contribution in [0.15, 0.2) is 24.3 Å². The summed E-state index contributed by atoms with van der Waals surface area (Å²) < 4.78 is 59.6. The Balaban J connectivity index is 2.69. The summed E-state index contributed by atoms with van der Waals surface area (Å²) in [6.45, 7) is 1.31. The van der Waals surface area contributed by atoms with E-state index >= 15 is 0 Å². The van der Waals surface area contributed by atoms with Crippen LogP contribution in [0.3, 0.4) is 0 Å². The average molecular weight is 252 g/mol. The molecule has 0 unspecified atom stereocenters. The Morgan fingerprint density at radius 1 is 1.19 bits per heavy atom. The molecular weight excluding hydrogens is 243 g/mol. The standard InChI is InChI=1S/C9H9F3NO2S/c1-7-2-4-8(5-3-7)6-13-16(14,15)9(10,11)12/h2-5H,6H2,1H3/q-1. The second kappa shape index (κ2) is 4.42. The number of sulfonamides is 1. The third-order valence-corrected chi connectivity index (χ3v) is 2.88. The predicted octanol–water partition coefficient (Wildman–Crippen LogP) is 2.72. The van der Waals surface area contributed by atoms with Crippen molar-refractivity contribution in [2.75, 3.05) is 0 Å². The van der Waals surface area contributed by atoms with Crippen molar-refractivity contribution in [3.8, 4) is 0 Å². The van der Waals surface area contributed by atoms with Gasteiger partial charge in [0.1, 0.15) is 0 Å². The van der Waals surface area contributed by atoms with E-state index in [-0.39, 0.29) is 0 Å². The quantitative estimate of drug-likeness (QED) is 0.830. The number of benzene rings is 1. The molecule has 7 heteroatoms. The zero-order valence-electron chi connectivity index (χ0n) is 8.32. The molecule has 0 aliphatic heterocycles. The summed E-state index contributed by atoms with van der Waals surface area (Å²) in [5.74, 6) is 0. The van der Waals surface area contributed by atoms with Crippen LogP contribution >= 0.6 is 0 Å². The number of hydrogen-bond acceptors (Lipinski definition) is 2. The van der Waals surface area contributed by atoms with Gasteiger partial charge in [-0.15, -0.1) is 6.54 Å². The molecule has 0 aromatic heterocycles. The lowest BCUT2D eigenvalue weighted by Gasteiger charge is -2.21. The molecule has 0 atom stereocenters. The highest BCUT2D eigenvalue weighted by molar-refractivity contribution is 7.94. The second-order valence-electron chi connectivity index (χ2n) is 3.19. The highest BCUT2D eigenvalue weighted by atomic mass is 32.2. The van der Waals surface area contributed by atoms with E-state index in [1.165, 1.54) is 12.1 Å². The maximum absolute atomic E-state index is 11.9. The lowest BCUT2D eigenvalue weighted by molar-refractivity contribution is -0.0427. The Morgan fingerprint density at radius 2 is 1.69 bits per heavy atom. The Kier molecular flexibility index (Phi) is 3.59. The zero-order valence-corrected chi connectivity index (χ0v) is 9.14. The minimum atomic E-state index is -5.38. The predicted molar refractivity (Wildman–Crippen MR) is 53.2 cm³/mol. The largest absolute Gasteiger partial charge is 0.537 e. The van der Waals surface area contributed by atoms with Crippen LogP contribution in [0.25, 0.3) is 4.72 Å². The molecule has 90 valence electrons. The van der Waals surface area contributed by atoms with Crippen LogP contribution in [0.4, 0.5) is 13.2 Å². The molecule has 16 heavy (non-hydrogen) atoms. The molecule has 0 bridgehead atoms. The van der Waals surface area contributed by atoms with Crippen LogP contribution in [0.1, 0.15) is 11.1 Å². The average Bonchev–Trinajstić information content (AvgIpc) is 2.15. The minimum Gasteiger partial charge on any atom is -0.537 e. The molecule has 0 saturated carbocycles.